The summed E-state index contributed by atoms with van der Waals surface area (Å²) < 4.78 is 5.22. The van der Waals surface area contributed by atoms with Gasteiger partial charge in [0.2, 0.25) is 0 Å². The van der Waals surface area contributed by atoms with Crippen LogP contribution in [-0.4, -0.2) is 86.0 Å². The van der Waals surface area contributed by atoms with E-state index in [1.54, 1.807) is 12.1 Å². The van der Waals surface area contributed by atoms with Gasteiger partial charge in [-0.3, -0.25) is 9.79 Å². The summed E-state index contributed by atoms with van der Waals surface area (Å²) >= 11 is 0. The zero-order valence-corrected chi connectivity index (χ0v) is 17.1. The van der Waals surface area contributed by atoms with Crippen molar-refractivity contribution in [2.75, 3.05) is 59.4 Å². The lowest BCUT2D eigenvalue weighted by Gasteiger charge is -2.36. The molecule has 7 nitrogen and oxygen atoms in total. The maximum Gasteiger partial charge on any atom is 0.289 e. The number of guanidine groups is 1. The molecule has 7 heteroatoms. The SMILES string of the molecule is CCCN(CCC)CCCNC(=NC)N1CCN(C(=O)c2ccco2)CC1. The Balaban J connectivity index is 1.71. The van der Waals surface area contributed by atoms with Gasteiger partial charge in [-0.1, -0.05) is 13.8 Å². The Morgan fingerprint density at radius 1 is 1.15 bits per heavy atom. The van der Waals surface area contributed by atoms with E-state index in [2.05, 4.69) is 34.0 Å². The second kappa shape index (κ2) is 11.6. The number of hydrogen-bond donors (Lipinski definition) is 1. The second-order valence-corrected chi connectivity index (χ2v) is 6.93. The monoisotopic (exact) mass is 377 g/mol. The predicted octanol–water partition coefficient (Wildman–Crippen LogP) is 2.12. The molecule has 1 N–H and O–H groups in total. The molecular weight excluding hydrogens is 342 g/mol. The summed E-state index contributed by atoms with van der Waals surface area (Å²) in [6.07, 6.45) is 5.06. The molecule has 0 aromatic carbocycles. The third-order valence-electron chi connectivity index (χ3n) is 4.82. The minimum Gasteiger partial charge on any atom is -0.459 e. The highest BCUT2D eigenvalue weighted by atomic mass is 16.3. The molecule has 1 aromatic heterocycles. The van der Waals surface area contributed by atoms with Crippen LogP contribution in [-0.2, 0) is 0 Å². The summed E-state index contributed by atoms with van der Waals surface area (Å²) in [4.78, 5) is 23.4. The molecule has 0 atom stereocenters. The zero-order valence-electron chi connectivity index (χ0n) is 17.1. The first-order chi connectivity index (χ1) is 13.2. The van der Waals surface area contributed by atoms with Crippen molar-refractivity contribution in [2.24, 2.45) is 4.99 Å². The lowest BCUT2D eigenvalue weighted by molar-refractivity contribution is 0.0657. The summed E-state index contributed by atoms with van der Waals surface area (Å²) in [5.74, 6) is 1.31. The fourth-order valence-corrected chi connectivity index (χ4v) is 3.48. The van der Waals surface area contributed by atoms with Gasteiger partial charge in [-0.15, -0.1) is 0 Å². The van der Waals surface area contributed by atoms with E-state index in [4.69, 9.17) is 4.42 Å². The molecule has 1 aliphatic heterocycles. The van der Waals surface area contributed by atoms with Gasteiger partial charge < -0.3 is 24.4 Å². The highest BCUT2D eigenvalue weighted by Gasteiger charge is 2.25. The normalized spacial score (nSPS) is 15.5. The number of piperazine rings is 1. The molecule has 27 heavy (non-hydrogen) atoms. The van der Waals surface area contributed by atoms with E-state index in [9.17, 15) is 4.79 Å². The third kappa shape index (κ3) is 6.57. The number of amides is 1. The molecule has 0 unspecified atom stereocenters. The van der Waals surface area contributed by atoms with Crippen molar-refractivity contribution in [2.45, 2.75) is 33.1 Å². The van der Waals surface area contributed by atoms with Crippen LogP contribution in [0.5, 0.6) is 0 Å². The van der Waals surface area contributed by atoms with Crippen LogP contribution < -0.4 is 5.32 Å². The van der Waals surface area contributed by atoms with Gasteiger partial charge >= 0.3 is 0 Å². The average molecular weight is 378 g/mol. The first kappa shape index (κ1) is 21.3. The Morgan fingerprint density at radius 3 is 2.37 bits per heavy atom. The van der Waals surface area contributed by atoms with E-state index >= 15 is 0 Å². The van der Waals surface area contributed by atoms with Crippen LogP contribution in [0, 0.1) is 0 Å². The summed E-state index contributed by atoms with van der Waals surface area (Å²) in [5, 5.41) is 3.48. The first-order valence-electron chi connectivity index (χ1n) is 10.2. The van der Waals surface area contributed by atoms with E-state index in [0.717, 1.165) is 38.6 Å². The molecule has 2 rings (SSSR count). The van der Waals surface area contributed by atoms with Gasteiger partial charge in [0, 0.05) is 39.8 Å². The summed E-state index contributed by atoms with van der Waals surface area (Å²) in [5.41, 5.74) is 0. The fraction of sp³-hybridized carbons (Fsp3) is 0.700. The minimum absolute atomic E-state index is 0.0328. The summed E-state index contributed by atoms with van der Waals surface area (Å²) in [6, 6.07) is 3.47. The Labute approximate surface area is 163 Å². The Kier molecular flexibility index (Phi) is 9.18. The molecule has 0 bridgehead atoms. The van der Waals surface area contributed by atoms with Crippen LogP contribution in [0.3, 0.4) is 0 Å². The molecule has 1 aromatic rings. The molecule has 1 aliphatic rings. The van der Waals surface area contributed by atoms with Crippen molar-refractivity contribution in [3.8, 4) is 0 Å². The predicted molar refractivity (Wildman–Crippen MR) is 109 cm³/mol. The van der Waals surface area contributed by atoms with Gasteiger partial charge in [-0.05, 0) is 51.0 Å². The van der Waals surface area contributed by atoms with Crippen molar-refractivity contribution in [3.05, 3.63) is 24.2 Å². The van der Waals surface area contributed by atoms with Crippen LogP contribution in [0.4, 0.5) is 0 Å². The maximum atomic E-state index is 12.4. The van der Waals surface area contributed by atoms with E-state index in [1.807, 2.05) is 11.9 Å². The number of aliphatic imine (C=N–C) groups is 1. The largest absolute Gasteiger partial charge is 0.459 e. The number of furan rings is 1. The smallest absolute Gasteiger partial charge is 0.289 e. The van der Waals surface area contributed by atoms with Crippen LogP contribution in [0.25, 0.3) is 0 Å². The van der Waals surface area contributed by atoms with Crippen LogP contribution in [0.15, 0.2) is 27.8 Å². The highest BCUT2D eigenvalue weighted by Crippen LogP contribution is 2.09. The Bertz CT molecular complexity index is 559. The first-order valence-corrected chi connectivity index (χ1v) is 10.2. The lowest BCUT2D eigenvalue weighted by atomic mass is 10.3. The molecule has 152 valence electrons. The number of carbonyl (C=O) groups is 1. The van der Waals surface area contributed by atoms with Gasteiger partial charge in [0.1, 0.15) is 0 Å². The molecule has 1 saturated heterocycles. The molecule has 0 spiro atoms. The van der Waals surface area contributed by atoms with Crippen molar-refractivity contribution in [1.82, 2.24) is 20.0 Å². The third-order valence-corrected chi connectivity index (χ3v) is 4.82. The quantitative estimate of drug-likeness (QED) is 0.406. The minimum atomic E-state index is -0.0328. The number of rotatable bonds is 9. The number of nitrogens with zero attached hydrogens (tertiary/aromatic N) is 4. The van der Waals surface area contributed by atoms with Gasteiger partial charge in [-0.2, -0.15) is 0 Å². The Morgan fingerprint density at radius 2 is 1.81 bits per heavy atom. The topological polar surface area (TPSA) is 64.3 Å². The van der Waals surface area contributed by atoms with Crippen LogP contribution >= 0.6 is 0 Å². The van der Waals surface area contributed by atoms with Gasteiger partial charge in [0.15, 0.2) is 11.7 Å². The van der Waals surface area contributed by atoms with E-state index < -0.39 is 0 Å². The van der Waals surface area contributed by atoms with Crippen LogP contribution in [0.2, 0.25) is 0 Å². The fourth-order valence-electron chi connectivity index (χ4n) is 3.48. The molecule has 1 amide bonds. The molecule has 0 aliphatic carbocycles. The lowest BCUT2D eigenvalue weighted by Crippen LogP contribution is -2.54. The molecule has 0 radical (unpaired) electrons. The highest BCUT2D eigenvalue weighted by molar-refractivity contribution is 5.91. The molecule has 2 heterocycles. The van der Waals surface area contributed by atoms with Crippen molar-refractivity contribution in [1.29, 1.82) is 0 Å². The van der Waals surface area contributed by atoms with Gasteiger partial charge in [0.25, 0.3) is 5.91 Å². The van der Waals surface area contributed by atoms with Gasteiger partial charge in [0.05, 0.1) is 6.26 Å². The summed E-state index contributed by atoms with van der Waals surface area (Å²) in [6.45, 7) is 11.8. The number of nitrogens with one attached hydrogen (secondary N) is 1. The molecule has 0 saturated carbocycles. The number of hydrogen-bond acceptors (Lipinski definition) is 4. The van der Waals surface area contributed by atoms with E-state index in [1.165, 1.54) is 32.2 Å². The summed E-state index contributed by atoms with van der Waals surface area (Å²) in [7, 11) is 1.82. The van der Waals surface area contributed by atoms with E-state index in [0.29, 0.717) is 18.8 Å². The van der Waals surface area contributed by atoms with Gasteiger partial charge in [-0.25, -0.2) is 0 Å². The molecular formula is C20H35N5O2. The molecule has 1 fully saturated rings. The second-order valence-electron chi connectivity index (χ2n) is 6.93. The number of carbonyl (C=O) groups excluding carboxylic acids is 1. The van der Waals surface area contributed by atoms with Crippen molar-refractivity contribution >= 4 is 11.9 Å². The standard InChI is InChI=1S/C20H35N5O2/c1-4-10-23(11-5-2)12-7-9-22-20(21-3)25-15-13-24(14-16-25)19(26)18-8-6-17-27-18/h6,8,17H,4-5,7,9-16H2,1-3H3,(H,21,22). The van der Waals surface area contributed by atoms with Crippen molar-refractivity contribution in [3.63, 3.8) is 0 Å². The average Bonchev–Trinajstić information content (AvgIpc) is 3.23. The van der Waals surface area contributed by atoms with Crippen molar-refractivity contribution < 1.29 is 9.21 Å². The Hall–Kier alpha value is -2.02. The maximum absolute atomic E-state index is 12.4. The van der Waals surface area contributed by atoms with Crippen LogP contribution in [0.1, 0.15) is 43.7 Å². The van der Waals surface area contributed by atoms with E-state index in [-0.39, 0.29) is 5.91 Å². The zero-order chi connectivity index (χ0) is 19.5.